The highest BCUT2D eigenvalue weighted by molar-refractivity contribution is 6.30. The topological polar surface area (TPSA) is 73.9 Å². The number of halogens is 1. The number of ether oxygens (including phenoxy) is 3. The van der Waals surface area contributed by atoms with Crippen molar-refractivity contribution in [1.29, 1.82) is 0 Å². The molecule has 1 atom stereocenters. The molecular weight excluding hydrogens is 418 g/mol. The highest BCUT2D eigenvalue weighted by Gasteiger charge is 2.27. The van der Waals surface area contributed by atoms with Crippen LogP contribution in [-0.2, 0) is 9.47 Å². The Morgan fingerprint density at radius 2 is 1.65 bits per heavy atom. The van der Waals surface area contributed by atoms with Crippen molar-refractivity contribution in [1.82, 2.24) is 5.32 Å². The summed E-state index contributed by atoms with van der Waals surface area (Å²) in [6.45, 7) is 6.69. The number of nitrogens with one attached hydrogen (secondary N) is 1. The molecule has 2 aromatic carbocycles. The third kappa shape index (κ3) is 6.97. The zero-order valence-electron chi connectivity index (χ0n) is 18.0. The smallest absolute Gasteiger partial charge is 0.408 e. The van der Waals surface area contributed by atoms with E-state index in [0.29, 0.717) is 35.1 Å². The Kier molecular flexibility index (Phi) is 7.57. The fraction of sp³-hybridized carbons (Fsp3) is 0.417. The summed E-state index contributed by atoms with van der Waals surface area (Å²) in [7, 11) is 0. The van der Waals surface area contributed by atoms with Gasteiger partial charge in [-0.15, -0.1) is 0 Å². The van der Waals surface area contributed by atoms with Gasteiger partial charge in [-0.2, -0.15) is 0 Å². The van der Waals surface area contributed by atoms with Gasteiger partial charge in [-0.3, -0.25) is 4.79 Å². The van der Waals surface area contributed by atoms with Crippen molar-refractivity contribution in [2.24, 2.45) is 0 Å². The average Bonchev–Trinajstić information content (AvgIpc) is 2.72. The monoisotopic (exact) mass is 445 g/mol. The summed E-state index contributed by atoms with van der Waals surface area (Å²) < 4.78 is 16.7. The maximum atomic E-state index is 13.3. The van der Waals surface area contributed by atoms with Crippen LogP contribution in [0.4, 0.5) is 4.79 Å². The molecule has 6 nitrogen and oxygen atoms in total. The van der Waals surface area contributed by atoms with Gasteiger partial charge in [-0.1, -0.05) is 23.7 Å². The van der Waals surface area contributed by atoms with E-state index >= 15 is 0 Å². The molecule has 1 amide bonds. The molecule has 1 N–H and O–H groups in total. The summed E-state index contributed by atoms with van der Waals surface area (Å²) in [6.07, 6.45) is 1.14. The summed E-state index contributed by atoms with van der Waals surface area (Å²) in [5.74, 6) is 0.442. The third-order valence-corrected chi connectivity index (χ3v) is 4.99. The van der Waals surface area contributed by atoms with Crippen molar-refractivity contribution in [2.75, 3.05) is 13.2 Å². The van der Waals surface area contributed by atoms with Crippen molar-refractivity contribution in [2.45, 2.75) is 51.4 Å². The maximum absolute atomic E-state index is 13.3. The molecule has 0 saturated carbocycles. The first-order valence-corrected chi connectivity index (χ1v) is 10.7. The van der Waals surface area contributed by atoms with Crippen LogP contribution < -0.4 is 10.1 Å². The van der Waals surface area contributed by atoms with Crippen molar-refractivity contribution in [3.05, 3.63) is 64.7 Å². The van der Waals surface area contributed by atoms with Gasteiger partial charge in [-0.05, 0) is 62.7 Å². The quantitative estimate of drug-likeness (QED) is 0.607. The first-order chi connectivity index (χ1) is 14.7. The van der Waals surface area contributed by atoms with Gasteiger partial charge in [0.1, 0.15) is 23.5 Å². The van der Waals surface area contributed by atoms with Gasteiger partial charge in [0.2, 0.25) is 0 Å². The maximum Gasteiger partial charge on any atom is 0.408 e. The Bertz CT molecular complexity index is 884. The number of alkyl carbamates (subject to hydrolysis) is 1. The molecule has 0 aromatic heterocycles. The fourth-order valence-corrected chi connectivity index (χ4v) is 3.36. The number of benzene rings is 2. The lowest BCUT2D eigenvalue weighted by Gasteiger charge is -2.24. The number of ketones is 1. The van der Waals surface area contributed by atoms with Gasteiger partial charge in [-0.25, -0.2) is 4.79 Å². The molecule has 0 radical (unpaired) electrons. The minimum atomic E-state index is -0.908. The van der Waals surface area contributed by atoms with Crippen LogP contribution >= 0.6 is 11.6 Å². The summed E-state index contributed by atoms with van der Waals surface area (Å²) in [6, 6.07) is 12.8. The molecule has 1 aliphatic rings. The largest absolute Gasteiger partial charge is 0.490 e. The van der Waals surface area contributed by atoms with Gasteiger partial charge < -0.3 is 19.5 Å². The van der Waals surface area contributed by atoms with Crippen LogP contribution in [0.15, 0.2) is 48.5 Å². The van der Waals surface area contributed by atoms with Crippen LogP contribution in [0, 0.1) is 0 Å². The van der Waals surface area contributed by atoms with Gasteiger partial charge in [0.15, 0.2) is 5.78 Å². The molecule has 1 saturated heterocycles. The number of amides is 1. The zero-order chi connectivity index (χ0) is 22.4. The Labute approximate surface area is 187 Å². The van der Waals surface area contributed by atoms with Gasteiger partial charge in [0, 0.05) is 23.4 Å². The first kappa shape index (κ1) is 23.1. The highest BCUT2D eigenvalue weighted by Crippen LogP contribution is 2.24. The fourth-order valence-electron chi connectivity index (χ4n) is 3.23. The van der Waals surface area contributed by atoms with Crippen LogP contribution in [0.5, 0.6) is 5.75 Å². The molecule has 1 unspecified atom stereocenters. The molecule has 31 heavy (non-hydrogen) atoms. The molecule has 0 bridgehead atoms. The summed E-state index contributed by atoms with van der Waals surface area (Å²) in [5.41, 5.74) is 0.388. The Hall–Kier alpha value is -2.57. The SMILES string of the molecule is CC(C)(C)OC(=O)NC(C(=O)c1ccc(OC2CCOCC2)cc1)c1ccc(Cl)cc1. The molecular formula is C24H28ClNO5. The number of rotatable bonds is 6. The van der Waals surface area contributed by atoms with Crippen LogP contribution in [0.1, 0.15) is 55.6 Å². The Balaban J connectivity index is 1.76. The van der Waals surface area contributed by atoms with Gasteiger partial charge >= 0.3 is 6.09 Å². The number of carbonyl (C=O) groups is 2. The second kappa shape index (κ2) is 10.2. The van der Waals surface area contributed by atoms with E-state index in [2.05, 4.69) is 5.32 Å². The minimum absolute atomic E-state index is 0.117. The van der Waals surface area contributed by atoms with E-state index in [9.17, 15) is 9.59 Å². The molecule has 7 heteroatoms. The van der Waals surface area contributed by atoms with Crippen molar-refractivity contribution < 1.29 is 23.8 Å². The lowest BCUT2D eigenvalue weighted by atomic mass is 9.97. The molecule has 166 valence electrons. The predicted octanol–water partition coefficient (Wildman–Crippen LogP) is 5.35. The summed E-state index contributed by atoms with van der Waals surface area (Å²) in [5, 5.41) is 3.23. The van der Waals surface area contributed by atoms with Gasteiger partial charge in [0.25, 0.3) is 0 Å². The number of hydrogen-bond acceptors (Lipinski definition) is 5. The van der Waals surface area contributed by atoms with E-state index in [1.807, 2.05) is 0 Å². The van der Waals surface area contributed by atoms with E-state index in [0.717, 1.165) is 12.8 Å². The third-order valence-electron chi connectivity index (χ3n) is 4.74. The van der Waals surface area contributed by atoms with E-state index < -0.39 is 17.7 Å². The number of hydrogen-bond donors (Lipinski definition) is 1. The second-order valence-electron chi connectivity index (χ2n) is 8.45. The molecule has 2 aromatic rings. The van der Waals surface area contributed by atoms with E-state index in [4.69, 9.17) is 25.8 Å². The first-order valence-electron chi connectivity index (χ1n) is 10.3. The van der Waals surface area contributed by atoms with Crippen LogP contribution in [0.2, 0.25) is 5.02 Å². The lowest BCUT2D eigenvalue weighted by Crippen LogP contribution is -2.38. The minimum Gasteiger partial charge on any atom is -0.490 e. The molecule has 1 heterocycles. The molecule has 3 rings (SSSR count). The highest BCUT2D eigenvalue weighted by atomic mass is 35.5. The Morgan fingerprint density at radius 1 is 1.03 bits per heavy atom. The lowest BCUT2D eigenvalue weighted by molar-refractivity contribution is 0.0255. The van der Waals surface area contributed by atoms with E-state index in [-0.39, 0.29) is 11.9 Å². The second-order valence-corrected chi connectivity index (χ2v) is 8.89. The molecule has 0 aliphatic carbocycles. The van der Waals surface area contributed by atoms with Gasteiger partial charge in [0.05, 0.1) is 13.2 Å². The standard InChI is InChI=1S/C24H28ClNO5/c1-24(2,3)31-23(28)26-21(16-4-8-18(25)9-5-16)22(27)17-6-10-19(11-7-17)30-20-12-14-29-15-13-20/h4-11,20-21H,12-15H2,1-3H3,(H,26,28). The van der Waals surface area contributed by atoms with Crippen LogP contribution in [-0.4, -0.2) is 36.8 Å². The molecule has 1 fully saturated rings. The molecule has 1 aliphatic heterocycles. The normalized spacial score (nSPS) is 15.7. The average molecular weight is 446 g/mol. The van der Waals surface area contributed by atoms with Crippen molar-refractivity contribution >= 4 is 23.5 Å². The molecule has 0 spiro atoms. The predicted molar refractivity (Wildman–Crippen MR) is 119 cm³/mol. The Morgan fingerprint density at radius 3 is 2.23 bits per heavy atom. The number of Topliss-reactive ketones (excluding diaryl/α,β-unsaturated/α-hetero) is 1. The van der Waals surface area contributed by atoms with E-state index in [1.54, 1.807) is 69.3 Å². The van der Waals surface area contributed by atoms with E-state index in [1.165, 1.54) is 0 Å². The van der Waals surface area contributed by atoms with Crippen LogP contribution in [0.3, 0.4) is 0 Å². The summed E-state index contributed by atoms with van der Waals surface area (Å²) in [4.78, 5) is 25.7. The van der Waals surface area contributed by atoms with Crippen molar-refractivity contribution in [3.63, 3.8) is 0 Å². The summed E-state index contributed by atoms with van der Waals surface area (Å²) >= 11 is 5.98. The zero-order valence-corrected chi connectivity index (χ0v) is 18.8. The van der Waals surface area contributed by atoms with Crippen LogP contribution in [0.25, 0.3) is 0 Å². The number of carbonyl (C=O) groups excluding carboxylic acids is 2. The van der Waals surface area contributed by atoms with Crippen molar-refractivity contribution in [3.8, 4) is 5.75 Å².